The Morgan fingerprint density at radius 2 is 0.789 bits per heavy atom. The predicted octanol–water partition coefficient (Wildman–Crippen LogP) is 11.9. The number of hydrogen-bond acceptors (Lipinski definition) is 0. The zero-order valence-electron chi connectivity index (χ0n) is 26.8. The second-order valence-electron chi connectivity index (χ2n) is 12.3. The molecule has 0 aliphatic carbocycles. The summed E-state index contributed by atoms with van der Waals surface area (Å²) in [6.45, 7) is 9.37. The molecule has 0 aliphatic heterocycles. The summed E-state index contributed by atoms with van der Waals surface area (Å²) in [5.74, 6) is 1.54. The van der Waals surface area contributed by atoms with Crippen molar-refractivity contribution in [1.29, 1.82) is 0 Å². The van der Waals surface area contributed by atoms with Gasteiger partial charge in [0, 0.05) is 6.42 Å². The van der Waals surface area contributed by atoms with E-state index in [1.807, 2.05) is 0 Å². The summed E-state index contributed by atoms with van der Waals surface area (Å²) in [6, 6.07) is 0. The lowest BCUT2D eigenvalue weighted by molar-refractivity contribution is -0.704. The van der Waals surface area contributed by atoms with Gasteiger partial charge in [-0.1, -0.05) is 168 Å². The first-order chi connectivity index (χ1) is 18.8. The minimum atomic E-state index is 1.16. The van der Waals surface area contributed by atoms with Gasteiger partial charge in [0.25, 0.3) is 5.82 Å². The molecule has 1 aromatic rings. The Kier molecular flexibility index (Phi) is 25.7. The molecular weight excluding hydrogens is 460 g/mol. The fraction of sp³-hybridized carbons (Fsp3) is 0.917. The van der Waals surface area contributed by atoms with Crippen LogP contribution in [-0.4, -0.2) is 4.57 Å². The van der Waals surface area contributed by atoms with E-state index in [0.29, 0.717) is 0 Å². The summed E-state index contributed by atoms with van der Waals surface area (Å²) in [7, 11) is 0. The Labute approximate surface area is 240 Å². The summed E-state index contributed by atoms with van der Waals surface area (Å²) in [5.41, 5.74) is 0. The Hall–Kier alpha value is -0.790. The molecule has 1 rings (SSSR count). The third-order valence-corrected chi connectivity index (χ3v) is 8.66. The van der Waals surface area contributed by atoms with Gasteiger partial charge < -0.3 is 0 Å². The molecule has 1 aromatic heterocycles. The van der Waals surface area contributed by atoms with E-state index in [1.165, 1.54) is 186 Å². The van der Waals surface area contributed by atoms with E-state index in [0.717, 1.165) is 6.42 Å². The van der Waals surface area contributed by atoms with Crippen LogP contribution in [0, 0.1) is 0 Å². The maximum atomic E-state index is 2.54. The molecule has 2 heteroatoms. The van der Waals surface area contributed by atoms with Crippen LogP contribution in [-0.2, 0) is 19.5 Å². The Bertz CT molecular complexity index is 590. The number of aromatic nitrogens is 2. The molecule has 0 unspecified atom stereocenters. The number of hydrogen-bond donors (Lipinski definition) is 0. The zero-order chi connectivity index (χ0) is 27.4. The van der Waals surface area contributed by atoms with Crippen molar-refractivity contribution in [3.63, 3.8) is 0 Å². The number of aryl methyl sites for hydroxylation is 2. The first-order valence-corrected chi connectivity index (χ1v) is 17.9. The van der Waals surface area contributed by atoms with Gasteiger partial charge in [0.05, 0.1) is 13.1 Å². The highest BCUT2D eigenvalue weighted by molar-refractivity contribution is 4.83. The van der Waals surface area contributed by atoms with Crippen molar-refractivity contribution in [3.8, 4) is 0 Å². The number of rotatable bonds is 30. The quantitative estimate of drug-likeness (QED) is 0.0689. The number of imidazole rings is 1. The van der Waals surface area contributed by atoms with Crippen molar-refractivity contribution in [2.24, 2.45) is 0 Å². The van der Waals surface area contributed by atoms with Crippen LogP contribution in [0.5, 0.6) is 0 Å². The summed E-state index contributed by atoms with van der Waals surface area (Å²) in [6.07, 6.45) is 44.7. The van der Waals surface area contributed by atoms with Crippen molar-refractivity contribution in [2.75, 3.05) is 0 Å². The van der Waals surface area contributed by atoms with E-state index in [9.17, 15) is 0 Å². The van der Waals surface area contributed by atoms with Crippen LogP contribution in [0.4, 0.5) is 0 Å². The lowest BCUT2D eigenvalue weighted by Crippen LogP contribution is -2.37. The van der Waals surface area contributed by atoms with Gasteiger partial charge in [-0.3, -0.25) is 0 Å². The standard InChI is InChI=1S/C36H71N2/c1-4-7-9-11-13-15-17-19-20-21-23-25-27-29-31-33-38-35-34-37(36(38)6-3)32-30-28-26-24-22-18-16-14-12-10-8-5-2/h34-35H,4-33H2,1-3H3/q+1. The van der Waals surface area contributed by atoms with Gasteiger partial charge in [0.1, 0.15) is 12.4 Å². The molecule has 224 valence electrons. The third-order valence-electron chi connectivity index (χ3n) is 8.66. The van der Waals surface area contributed by atoms with Crippen molar-refractivity contribution >= 4 is 0 Å². The molecule has 0 atom stereocenters. The van der Waals surface area contributed by atoms with Gasteiger partial charge in [0.2, 0.25) is 0 Å². The topological polar surface area (TPSA) is 8.81 Å². The van der Waals surface area contributed by atoms with Crippen molar-refractivity contribution in [3.05, 3.63) is 18.2 Å². The molecule has 0 N–H and O–H groups in total. The number of unbranched alkanes of at least 4 members (excludes halogenated alkanes) is 25. The Morgan fingerprint density at radius 3 is 1.16 bits per heavy atom. The highest BCUT2D eigenvalue weighted by Gasteiger charge is 2.14. The minimum Gasteiger partial charge on any atom is -0.234 e. The summed E-state index contributed by atoms with van der Waals surface area (Å²) >= 11 is 0. The van der Waals surface area contributed by atoms with E-state index in [1.54, 1.807) is 5.82 Å². The molecule has 1 heterocycles. The van der Waals surface area contributed by atoms with E-state index in [2.05, 4.69) is 42.3 Å². The van der Waals surface area contributed by atoms with E-state index in [-0.39, 0.29) is 0 Å². The van der Waals surface area contributed by atoms with Crippen LogP contribution in [0.25, 0.3) is 0 Å². The normalized spacial score (nSPS) is 11.6. The van der Waals surface area contributed by atoms with Crippen LogP contribution in [0.1, 0.15) is 200 Å². The second-order valence-corrected chi connectivity index (χ2v) is 12.3. The van der Waals surface area contributed by atoms with Crippen molar-refractivity contribution < 1.29 is 4.57 Å². The smallest absolute Gasteiger partial charge is 0.234 e. The lowest BCUT2D eigenvalue weighted by Gasteiger charge is -2.05. The van der Waals surface area contributed by atoms with Gasteiger partial charge in [-0.2, -0.15) is 0 Å². The molecule has 0 spiro atoms. The average molecular weight is 532 g/mol. The molecule has 0 radical (unpaired) electrons. The van der Waals surface area contributed by atoms with E-state index < -0.39 is 0 Å². The van der Waals surface area contributed by atoms with Gasteiger partial charge in [0.15, 0.2) is 0 Å². The predicted molar refractivity (Wildman–Crippen MR) is 170 cm³/mol. The molecule has 0 fully saturated rings. The molecule has 38 heavy (non-hydrogen) atoms. The molecule has 0 aromatic carbocycles. The van der Waals surface area contributed by atoms with Crippen LogP contribution in [0.15, 0.2) is 12.4 Å². The van der Waals surface area contributed by atoms with Crippen molar-refractivity contribution in [1.82, 2.24) is 4.57 Å². The van der Waals surface area contributed by atoms with E-state index in [4.69, 9.17) is 0 Å². The molecule has 0 amide bonds. The summed E-state index contributed by atoms with van der Waals surface area (Å²) in [5, 5.41) is 0. The number of nitrogens with zero attached hydrogens (tertiary/aromatic N) is 2. The zero-order valence-corrected chi connectivity index (χ0v) is 26.8. The van der Waals surface area contributed by atoms with Gasteiger partial charge in [-0.25, -0.2) is 9.13 Å². The van der Waals surface area contributed by atoms with Gasteiger partial charge in [-0.15, -0.1) is 0 Å². The van der Waals surface area contributed by atoms with Crippen LogP contribution >= 0.6 is 0 Å². The SMILES string of the molecule is CCCCCCCCCCCCCCCCC[n+]1ccn(CCCCCCCCCCCCCC)c1CC. The molecule has 2 nitrogen and oxygen atoms in total. The largest absolute Gasteiger partial charge is 0.256 e. The molecule has 0 saturated heterocycles. The first kappa shape index (κ1) is 35.2. The highest BCUT2D eigenvalue weighted by Crippen LogP contribution is 2.14. The van der Waals surface area contributed by atoms with Gasteiger partial charge in [-0.05, 0) is 25.7 Å². The molecular formula is C36H71N2+. The Balaban J connectivity index is 1.96. The van der Waals surface area contributed by atoms with Gasteiger partial charge >= 0.3 is 0 Å². The van der Waals surface area contributed by atoms with Crippen LogP contribution < -0.4 is 4.57 Å². The summed E-state index contributed by atoms with van der Waals surface area (Å²) < 4.78 is 5.09. The maximum Gasteiger partial charge on any atom is 0.256 e. The summed E-state index contributed by atoms with van der Waals surface area (Å²) in [4.78, 5) is 0. The molecule has 0 aliphatic rings. The van der Waals surface area contributed by atoms with Crippen molar-refractivity contribution in [2.45, 2.75) is 214 Å². The van der Waals surface area contributed by atoms with Crippen LogP contribution in [0.3, 0.4) is 0 Å². The van der Waals surface area contributed by atoms with E-state index >= 15 is 0 Å². The maximum absolute atomic E-state index is 2.54. The molecule has 0 bridgehead atoms. The fourth-order valence-electron chi connectivity index (χ4n) is 6.09. The lowest BCUT2D eigenvalue weighted by atomic mass is 10.0. The highest BCUT2D eigenvalue weighted by atomic mass is 15.1. The molecule has 0 saturated carbocycles. The van der Waals surface area contributed by atoms with Crippen LogP contribution in [0.2, 0.25) is 0 Å². The average Bonchev–Trinajstić information content (AvgIpc) is 3.33. The fourth-order valence-corrected chi connectivity index (χ4v) is 6.09. The Morgan fingerprint density at radius 1 is 0.447 bits per heavy atom. The minimum absolute atomic E-state index is 1.16. The monoisotopic (exact) mass is 532 g/mol. The third kappa shape index (κ3) is 20.2. The first-order valence-electron chi connectivity index (χ1n) is 17.9. The second kappa shape index (κ2) is 27.8.